The zero-order valence-electron chi connectivity index (χ0n) is 6.34. The van der Waals surface area contributed by atoms with Gasteiger partial charge in [-0.2, -0.15) is 0 Å². The van der Waals surface area contributed by atoms with E-state index in [2.05, 4.69) is 10.9 Å². The van der Waals surface area contributed by atoms with E-state index in [1.807, 2.05) is 5.92 Å². The van der Waals surface area contributed by atoms with E-state index in [1.165, 1.54) is 6.20 Å². The molecule has 0 aliphatic rings. The lowest BCUT2D eigenvalue weighted by Crippen LogP contribution is -2.06. The third-order valence-corrected chi connectivity index (χ3v) is 1.40. The molecule has 1 heterocycles. The van der Waals surface area contributed by atoms with Gasteiger partial charge in [0.2, 0.25) is 0 Å². The Balaban J connectivity index is 3.00. The number of aromatic nitrogens is 1. The molecule has 0 aromatic carbocycles. The normalized spacial score (nSPS) is 8.77. The minimum absolute atomic E-state index is 0.232. The lowest BCUT2D eigenvalue weighted by atomic mass is 10.3. The number of carbonyl (C=O) groups excluding carboxylic acids is 1. The van der Waals surface area contributed by atoms with Crippen molar-refractivity contribution in [2.24, 2.45) is 5.73 Å². The van der Waals surface area contributed by atoms with Gasteiger partial charge in [0.15, 0.2) is 11.0 Å². The summed E-state index contributed by atoms with van der Waals surface area (Å²) in [6.45, 7) is 0. The van der Waals surface area contributed by atoms with Crippen LogP contribution in [0, 0.1) is 17.7 Å². The van der Waals surface area contributed by atoms with Crippen LogP contribution in [0.4, 0.5) is 4.39 Å². The van der Waals surface area contributed by atoms with Gasteiger partial charge in [0.25, 0.3) is 5.91 Å². The van der Waals surface area contributed by atoms with Gasteiger partial charge in [-0.25, -0.2) is 9.37 Å². The molecular weight excluding hydrogens is 195 g/mol. The number of halogens is 2. The van der Waals surface area contributed by atoms with Crippen molar-refractivity contribution in [1.29, 1.82) is 0 Å². The Bertz CT molecular complexity index is 408. The summed E-state index contributed by atoms with van der Waals surface area (Å²) in [5.41, 5.74) is 5.01. The van der Waals surface area contributed by atoms with Crippen molar-refractivity contribution in [3.05, 3.63) is 28.8 Å². The summed E-state index contributed by atoms with van der Waals surface area (Å²) in [7, 11) is 0. The maximum Gasteiger partial charge on any atom is 0.293 e. The second-order valence-electron chi connectivity index (χ2n) is 2.11. The summed E-state index contributed by atoms with van der Waals surface area (Å²) in [6.07, 6.45) is 1.25. The largest absolute Gasteiger partial charge is 0.359 e. The molecule has 1 aromatic rings. The number of hydrogen-bond acceptors (Lipinski definition) is 2. The predicted octanol–water partition coefficient (Wildman–Crippen LogP) is 0.711. The van der Waals surface area contributed by atoms with Crippen LogP contribution in [0.1, 0.15) is 5.56 Å². The van der Waals surface area contributed by atoms with Gasteiger partial charge in [-0.05, 0) is 6.07 Å². The number of carbonyl (C=O) groups is 1. The molecule has 0 radical (unpaired) electrons. The molecule has 0 fully saturated rings. The van der Waals surface area contributed by atoms with E-state index >= 15 is 0 Å². The maximum absolute atomic E-state index is 12.7. The topological polar surface area (TPSA) is 56.0 Å². The Morgan fingerprint density at radius 3 is 2.92 bits per heavy atom. The van der Waals surface area contributed by atoms with Crippen LogP contribution in [0.3, 0.4) is 0 Å². The number of pyridine rings is 1. The van der Waals surface area contributed by atoms with Gasteiger partial charge in [-0.3, -0.25) is 4.79 Å². The third kappa shape index (κ3) is 2.73. The van der Waals surface area contributed by atoms with Gasteiger partial charge < -0.3 is 5.73 Å². The second kappa shape index (κ2) is 3.87. The van der Waals surface area contributed by atoms with Crippen LogP contribution in [0.5, 0.6) is 0 Å². The standard InChI is InChI=1S/C8H4ClFN2O/c9-8-6(10)3-5(4-12-8)1-2-7(11)13/h3-4H,(H2,11,13). The minimum Gasteiger partial charge on any atom is -0.359 e. The molecule has 0 atom stereocenters. The number of amides is 1. The van der Waals surface area contributed by atoms with Crippen LogP contribution in [-0.4, -0.2) is 10.9 Å². The lowest BCUT2D eigenvalue weighted by molar-refractivity contribution is -0.112. The third-order valence-electron chi connectivity index (χ3n) is 1.13. The summed E-state index contributed by atoms with van der Waals surface area (Å²) in [5, 5.41) is -0.232. The molecule has 1 aromatic heterocycles. The van der Waals surface area contributed by atoms with Gasteiger partial charge in [-0.1, -0.05) is 17.5 Å². The molecule has 0 saturated carbocycles. The molecule has 3 nitrogen and oxygen atoms in total. The van der Waals surface area contributed by atoms with E-state index in [9.17, 15) is 9.18 Å². The molecule has 5 heteroatoms. The zero-order valence-corrected chi connectivity index (χ0v) is 7.10. The van der Waals surface area contributed by atoms with Crippen LogP contribution in [-0.2, 0) is 4.79 Å². The predicted molar refractivity (Wildman–Crippen MR) is 45.3 cm³/mol. The second-order valence-corrected chi connectivity index (χ2v) is 2.47. The first kappa shape index (κ1) is 9.49. The highest BCUT2D eigenvalue weighted by Gasteiger charge is 1.99. The fraction of sp³-hybridized carbons (Fsp3) is 0. The van der Waals surface area contributed by atoms with E-state index in [0.29, 0.717) is 0 Å². The number of primary amides is 1. The molecule has 0 unspecified atom stereocenters. The Morgan fingerprint density at radius 1 is 1.69 bits per heavy atom. The first-order valence-electron chi connectivity index (χ1n) is 3.22. The molecule has 0 bridgehead atoms. The van der Waals surface area contributed by atoms with E-state index in [-0.39, 0.29) is 10.7 Å². The van der Waals surface area contributed by atoms with Crippen molar-refractivity contribution >= 4 is 17.5 Å². The van der Waals surface area contributed by atoms with Crippen LogP contribution < -0.4 is 5.73 Å². The Labute approximate surface area is 78.7 Å². The van der Waals surface area contributed by atoms with Crippen molar-refractivity contribution in [2.45, 2.75) is 0 Å². The number of nitrogens with two attached hydrogens (primary N) is 1. The summed E-state index contributed by atoms with van der Waals surface area (Å²) >= 11 is 5.32. The van der Waals surface area contributed by atoms with Gasteiger partial charge in [0, 0.05) is 17.7 Å². The molecule has 0 aliphatic carbocycles. The monoisotopic (exact) mass is 198 g/mol. The molecule has 66 valence electrons. The quantitative estimate of drug-likeness (QED) is 0.493. The highest BCUT2D eigenvalue weighted by Crippen LogP contribution is 2.10. The van der Waals surface area contributed by atoms with Gasteiger partial charge in [0.1, 0.15) is 0 Å². The molecule has 1 amide bonds. The van der Waals surface area contributed by atoms with Crippen molar-refractivity contribution in [3.8, 4) is 11.8 Å². The van der Waals surface area contributed by atoms with Crippen molar-refractivity contribution in [3.63, 3.8) is 0 Å². The van der Waals surface area contributed by atoms with E-state index in [1.54, 1.807) is 0 Å². The highest BCUT2D eigenvalue weighted by atomic mass is 35.5. The SMILES string of the molecule is NC(=O)C#Cc1cnc(Cl)c(F)c1. The highest BCUT2D eigenvalue weighted by molar-refractivity contribution is 6.29. The minimum atomic E-state index is -0.782. The molecule has 13 heavy (non-hydrogen) atoms. The Kier molecular flexibility index (Phi) is 2.83. The van der Waals surface area contributed by atoms with Gasteiger partial charge >= 0.3 is 0 Å². The van der Waals surface area contributed by atoms with Crippen molar-refractivity contribution in [2.75, 3.05) is 0 Å². The van der Waals surface area contributed by atoms with Crippen LogP contribution in [0.2, 0.25) is 5.15 Å². The molecular formula is C8H4ClFN2O. The summed E-state index contributed by atoms with van der Waals surface area (Å²) in [4.78, 5) is 13.7. The first-order chi connectivity index (χ1) is 6.09. The van der Waals surface area contributed by atoms with Crippen LogP contribution >= 0.6 is 11.6 Å². The first-order valence-corrected chi connectivity index (χ1v) is 3.60. The van der Waals surface area contributed by atoms with Crippen LogP contribution in [0.25, 0.3) is 0 Å². The summed E-state index contributed by atoms with van der Waals surface area (Å²) < 4.78 is 12.7. The summed E-state index contributed by atoms with van der Waals surface area (Å²) in [5.74, 6) is 2.91. The van der Waals surface area contributed by atoms with Gasteiger partial charge in [-0.15, -0.1) is 0 Å². The molecule has 0 saturated heterocycles. The fourth-order valence-corrected chi connectivity index (χ4v) is 0.727. The number of hydrogen-bond donors (Lipinski definition) is 1. The number of rotatable bonds is 0. The van der Waals surface area contributed by atoms with Gasteiger partial charge in [0.05, 0.1) is 0 Å². The molecule has 1 rings (SSSR count). The Morgan fingerprint density at radius 2 is 2.38 bits per heavy atom. The zero-order chi connectivity index (χ0) is 9.84. The summed E-state index contributed by atoms with van der Waals surface area (Å²) in [6, 6.07) is 1.07. The number of nitrogens with zero attached hydrogens (tertiary/aromatic N) is 1. The van der Waals surface area contributed by atoms with Crippen LogP contribution in [0.15, 0.2) is 12.3 Å². The average molecular weight is 199 g/mol. The van der Waals surface area contributed by atoms with E-state index in [0.717, 1.165) is 6.07 Å². The maximum atomic E-state index is 12.7. The fourth-order valence-electron chi connectivity index (χ4n) is 0.623. The van der Waals surface area contributed by atoms with Crippen molar-refractivity contribution in [1.82, 2.24) is 4.98 Å². The lowest BCUT2D eigenvalue weighted by Gasteiger charge is -1.92. The molecule has 0 spiro atoms. The molecule has 2 N–H and O–H groups in total. The average Bonchev–Trinajstić information content (AvgIpc) is 2.07. The smallest absolute Gasteiger partial charge is 0.293 e. The molecule has 0 aliphatic heterocycles. The Hall–Kier alpha value is -1.60. The van der Waals surface area contributed by atoms with Crippen molar-refractivity contribution < 1.29 is 9.18 Å². The van der Waals surface area contributed by atoms with E-state index in [4.69, 9.17) is 17.3 Å². The van der Waals surface area contributed by atoms with E-state index < -0.39 is 11.7 Å².